The first-order valence-corrected chi connectivity index (χ1v) is 12.2. The normalized spacial score (nSPS) is 15.1. The first kappa shape index (κ1) is 24.6. The van der Waals surface area contributed by atoms with Crippen LogP contribution in [-0.4, -0.2) is 48.1 Å². The van der Waals surface area contributed by atoms with Gasteiger partial charge in [-0.05, 0) is 66.6 Å². The number of piperidine rings is 1. The number of ether oxygens (including phenoxy) is 1. The summed E-state index contributed by atoms with van der Waals surface area (Å²) in [5.74, 6) is 0.830. The van der Waals surface area contributed by atoms with E-state index in [-0.39, 0.29) is 18.3 Å². The Morgan fingerprint density at radius 3 is 2.60 bits per heavy atom. The smallest absolute Gasteiger partial charge is 0.315 e. The van der Waals surface area contributed by atoms with E-state index in [9.17, 15) is 14.0 Å². The number of hydrogen-bond donors (Lipinski definition) is 3. The highest BCUT2D eigenvalue weighted by Gasteiger charge is 2.30. The number of aromatic amines is 1. The molecule has 0 aliphatic carbocycles. The molecule has 1 aliphatic rings. The lowest BCUT2D eigenvalue weighted by Gasteiger charge is -2.34. The Morgan fingerprint density at radius 2 is 1.91 bits per heavy atom. The van der Waals surface area contributed by atoms with Crippen molar-refractivity contribution in [3.05, 3.63) is 65.6 Å². The largest absolute Gasteiger partial charge is 0.497 e. The van der Waals surface area contributed by atoms with Gasteiger partial charge in [0.25, 0.3) is 0 Å². The van der Waals surface area contributed by atoms with Gasteiger partial charge in [0.1, 0.15) is 17.6 Å². The van der Waals surface area contributed by atoms with E-state index in [4.69, 9.17) is 4.74 Å². The fourth-order valence-electron chi connectivity index (χ4n) is 4.76. The van der Waals surface area contributed by atoms with Crippen LogP contribution in [0.4, 0.5) is 9.18 Å². The Labute approximate surface area is 205 Å². The van der Waals surface area contributed by atoms with Gasteiger partial charge in [0.15, 0.2) is 0 Å². The van der Waals surface area contributed by atoms with Crippen LogP contribution in [-0.2, 0) is 11.3 Å². The Kier molecular flexibility index (Phi) is 7.90. The number of carbonyl (C=O) groups excluding carboxylic acids is 2. The number of nitrogens with one attached hydrogen (secondary N) is 3. The third-order valence-electron chi connectivity index (χ3n) is 6.71. The molecule has 0 radical (unpaired) electrons. The van der Waals surface area contributed by atoms with Gasteiger partial charge in [0.2, 0.25) is 5.91 Å². The number of halogens is 1. The van der Waals surface area contributed by atoms with Crippen LogP contribution in [0.25, 0.3) is 10.9 Å². The first-order chi connectivity index (χ1) is 17.0. The summed E-state index contributed by atoms with van der Waals surface area (Å²) in [6.45, 7) is 3.56. The molecule has 0 bridgehead atoms. The van der Waals surface area contributed by atoms with Gasteiger partial charge in [-0.1, -0.05) is 25.5 Å². The van der Waals surface area contributed by atoms with E-state index in [2.05, 4.69) is 27.9 Å². The van der Waals surface area contributed by atoms with Crippen molar-refractivity contribution in [2.75, 3.05) is 20.2 Å². The monoisotopic (exact) mass is 480 g/mol. The van der Waals surface area contributed by atoms with E-state index in [1.165, 1.54) is 17.7 Å². The second-order valence-corrected chi connectivity index (χ2v) is 9.05. The van der Waals surface area contributed by atoms with Crippen LogP contribution in [0.15, 0.2) is 48.7 Å². The molecule has 0 spiro atoms. The van der Waals surface area contributed by atoms with Crippen molar-refractivity contribution in [1.82, 2.24) is 20.5 Å². The minimum atomic E-state index is -0.567. The maximum atomic E-state index is 13.2. The Bertz CT molecular complexity index is 1150. The molecule has 1 aliphatic heterocycles. The van der Waals surface area contributed by atoms with E-state index in [0.29, 0.717) is 25.4 Å². The lowest BCUT2D eigenvalue weighted by Crippen LogP contribution is -2.52. The number of urea groups is 1. The van der Waals surface area contributed by atoms with Crippen molar-refractivity contribution < 1.29 is 18.7 Å². The fourth-order valence-corrected chi connectivity index (χ4v) is 4.76. The summed E-state index contributed by atoms with van der Waals surface area (Å²) in [6.07, 6.45) is 5.16. The number of aromatic nitrogens is 1. The molecular formula is C27H33FN4O3. The zero-order valence-corrected chi connectivity index (χ0v) is 20.3. The molecule has 3 amide bonds. The van der Waals surface area contributed by atoms with Gasteiger partial charge in [-0.3, -0.25) is 4.79 Å². The molecule has 7 nitrogen and oxygen atoms in total. The number of hydrogen-bond acceptors (Lipinski definition) is 3. The predicted octanol–water partition coefficient (Wildman–Crippen LogP) is 4.69. The summed E-state index contributed by atoms with van der Waals surface area (Å²) in [4.78, 5) is 30.9. The molecule has 35 heavy (non-hydrogen) atoms. The molecule has 186 valence electrons. The van der Waals surface area contributed by atoms with Crippen molar-refractivity contribution in [3.8, 4) is 5.75 Å². The number of carbonyl (C=O) groups is 2. The van der Waals surface area contributed by atoms with Crippen molar-refractivity contribution in [2.24, 2.45) is 0 Å². The van der Waals surface area contributed by atoms with Gasteiger partial charge < -0.3 is 25.3 Å². The Balaban J connectivity index is 1.33. The Hall–Kier alpha value is -3.55. The molecule has 1 atom stereocenters. The highest BCUT2D eigenvalue weighted by Crippen LogP contribution is 2.34. The van der Waals surface area contributed by atoms with E-state index >= 15 is 0 Å². The molecule has 2 aromatic carbocycles. The van der Waals surface area contributed by atoms with Gasteiger partial charge in [0, 0.05) is 36.7 Å². The number of benzene rings is 2. The lowest BCUT2D eigenvalue weighted by molar-refractivity contribution is -0.134. The van der Waals surface area contributed by atoms with Gasteiger partial charge in [-0.15, -0.1) is 0 Å². The standard InChI is InChI=1S/C27H33FN4O3/c1-3-4-25(31-27(34)30-16-18-5-7-20(28)8-6-18)26(33)32-13-11-19(12-14-32)23-17-29-24-10-9-21(35-2)15-22(23)24/h5-10,15,17,19,25,29H,3-4,11-14,16H2,1-2H3,(H2,30,31,34). The van der Waals surface area contributed by atoms with E-state index in [1.54, 1.807) is 19.2 Å². The maximum Gasteiger partial charge on any atom is 0.315 e. The predicted molar refractivity (Wildman–Crippen MR) is 134 cm³/mol. The van der Waals surface area contributed by atoms with Crippen LogP contribution in [0.1, 0.15) is 49.7 Å². The molecule has 1 aromatic heterocycles. The van der Waals surface area contributed by atoms with Crippen LogP contribution in [0, 0.1) is 5.82 Å². The second kappa shape index (κ2) is 11.3. The maximum absolute atomic E-state index is 13.2. The van der Waals surface area contributed by atoms with E-state index in [1.807, 2.05) is 24.0 Å². The second-order valence-electron chi connectivity index (χ2n) is 9.05. The zero-order chi connectivity index (χ0) is 24.8. The summed E-state index contributed by atoms with van der Waals surface area (Å²) < 4.78 is 18.5. The molecule has 8 heteroatoms. The number of nitrogens with zero attached hydrogens (tertiary/aromatic N) is 1. The average molecular weight is 481 g/mol. The van der Waals surface area contributed by atoms with E-state index < -0.39 is 12.1 Å². The SMILES string of the molecule is CCCC(NC(=O)NCc1ccc(F)cc1)C(=O)N1CCC(c2c[nH]c3ccc(OC)cc23)CC1. The number of likely N-dealkylation sites (tertiary alicyclic amines) is 1. The molecule has 1 saturated heterocycles. The number of H-pyrrole nitrogens is 1. The van der Waals surface area contributed by atoms with Crippen molar-refractivity contribution in [1.29, 1.82) is 0 Å². The molecule has 1 fully saturated rings. The highest BCUT2D eigenvalue weighted by molar-refractivity contribution is 5.87. The van der Waals surface area contributed by atoms with Crippen molar-refractivity contribution in [2.45, 2.75) is 51.1 Å². The minimum Gasteiger partial charge on any atom is -0.497 e. The molecule has 1 unspecified atom stereocenters. The van der Waals surface area contributed by atoms with Crippen LogP contribution < -0.4 is 15.4 Å². The van der Waals surface area contributed by atoms with Crippen LogP contribution in [0.2, 0.25) is 0 Å². The lowest BCUT2D eigenvalue weighted by atomic mass is 9.89. The summed E-state index contributed by atoms with van der Waals surface area (Å²) >= 11 is 0. The molecule has 3 aromatic rings. The summed E-state index contributed by atoms with van der Waals surface area (Å²) in [5.41, 5.74) is 3.13. The molecule has 2 heterocycles. The highest BCUT2D eigenvalue weighted by atomic mass is 19.1. The minimum absolute atomic E-state index is 0.0390. The molecule has 3 N–H and O–H groups in total. The zero-order valence-electron chi connectivity index (χ0n) is 20.3. The third kappa shape index (κ3) is 5.93. The molecule has 4 rings (SSSR count). The van der Waals surface area contributed by atoms with Gasteiger partial charge in [-0.25, -0.2) is 9.18 Å². The topological polar surface area (TPSA) is 86.5 Å². The quantitative estimate of drug-likeness (QED) is 0.437. The van der Waals surface area contributed by atoms with Crippen LogP contribution in [0.5, 0.6) is 5.75 Å². The van der Waals surface area contributed by atoms with Crippen molar-refractivity contribution >= 4 is 22.8 Å². The number of fused-ring (bicyclic) bond motifs is 1. The fraction of sp³-hybridized carbons (Fsp3) is 0.407. The third-order valence-corrected chi connectivity index (χ3v) is 6.71. The van der Waals surface area contributed by atoms with Crippen molar-refractivity contribution in [3.63, 3.8) is 0 Å². The number of rotatable bonds is 8. The average Bonchev–Trinajstić information content (AvgIpc) is 3.31. The summed E-state index contributed by atoms with van der Waals surface area (Å²) in [6, 6.07) is 11.0. The van der Waals surface area contributed by atoms with Gasteiger partial charge >= 0.3 is 6.03 Å². The molecule has 0 saturated carbocycles. The van der Waals surface area contributed by atoms with Crippen LogP contribution in [0.3, 0.4) is 0 Å². The first-order valence-electron chi connectivity index (χ1n) is 12.2. The number of methoxy groups -OCH3 is 1. The molecular weight excluding hydrogens is 447 g/mol. The van der Waals surface area contributed by atoms with Gasteiger partial charge in [0.05, 0.1) is 7.11 Å². The summed E-state index contributed by atoms with van der Waals surface area (Å²) in [5, 5.41) is 6.76. The van der Waals surface area contributed by atoms with Gasteiger partial charge in [-0.2, -0.15) is 0 Å². The summed E-state index contributed by atoms with van der Waals surface area (Å²) in [7, 11) is 1.67. The number of amides is 3. The Morgan fingerprint density at radius 1 is 1.17 bits per heavy atom. The van der Waals surface area contributed by atoms with E-state index in [0.717, 1.165) is 41.5 Å². The van der Waals surface area contributed by atoms with Crippen LogP contribution >= 0.6 is 0 Å².